The Morgan fingerprint density at radius 1 is 1.27 bits per heavy atom. The van der Waals surface area contributed by atoms with E-state index in [4.69, 9.17) is 9.47 Å². The summed E-state index contributed by atoms with van der Waals surface area (Å²) in [6.07, 6.45) is 4.40. The molecule has 6 nitrogen and oxygen atoms in total. The number of hydrogen-bond donors (Lipinski definition) is 1. The molecule has 30 heavy (non-hydrogen) atoms. The van der Waals surface area contributed by atoms with Gasteiger partial charge in [0.1, 0.15) is 11.5 Å². The van der Waals surface area contributed by atoms with Crippen molar-refractivity contribution < 1.29 is 23.0 Å². The number of nitrogens with one attached hydrogen (secondary N) is 1. The Hall–Kier alpha value is -3.42. The minimum atomic E-state index is -2.97. The number of nitrogens with zero attached hydrogens (tertiary/aromatic N) is 2. The average Bonchev–Trinajstić information content (AvgIpc) is 3.38. The molecule has 1 unspecified atom stereocenters. The lowest BCUT2D eigenvalue weighted by Crippen LogP contribution is -2.27. The summed E-state index contributed by atoms with van der Waals surface area (Å²) in [6, 6.07) is 12.5. The number of rotatable bonds is 7. The van der Waals surface area contributed by atoms with Crippen LogP contribution in [0.2, 0.25) is 0 Å². The van der Waals surface area contributed by atoms with Crippen molar-refractivity contribution in [2.75, 3.05) is 18.6 Å². The van der Waals surface area contributed by atoms with Crippen molar-refractivity contribution in [3.63, 3.8) is 0 Å². The molecule has 2 heterocycles. The van der Waals surface area contributed by atoms with E-state index in [2.05, 4.69) is 10.2 Å². The number of amides is 1. The Morgan fingerprint density at radius 3 is 2.87 bits per heavy atom. The number of methoxy groups -OCH3 is 1. The van der Waals surface area contributed by atoms with Crippen LogP contribution in [0.25, 0.3) is 11.1 Å². The molecule has 4 rings (SSSR count). The number of aromatic nitrogens is 2. The molecular weight excluding hydrogens is 392 g/mol. The fourth-order valence-electron chi connectivity index (χ4n) is 3.78. The van der Waals surface area contributed by atoms with Gasteiger partial charge >= 0.3 is 6.61 Å². The number of ether oxygens (including phenoxy) is 2. The van der Waals surface area contributed by atoms with Crippen LogP contribution in [-0.4, -0.2) is 36.4 Å². The number of benzene rings is 2. The van der Waals surface area contributed by atoms with Gasteiger partial charge in [-0.25, -0.2) is 0 Å². The molecule has 1 fully saturated rings. The second kappa shape index (κ2) is 8.52. The summed E-state index contributed by atoms with van der Waals surface area (Å²) in [5.74, 6) is 0.549. The van der Waals surface area contributed by atoms with E-state index in [0.717, 1.165) is 11.3 Å². The monoisotopic (exact) mass is 413 g/mol. The van der Waals surface area contributed by atoms with Crippen LogP contribution in [0.15, 0.2) is 54.9 Å². The highest BCUT2D eigenvalue weighted by molar-refractivity contribution is 5.98. The van der Waals surface area contributed by atoms with Crippen LogP contribution in [0.1, 0.15) is 12.0 Å². The molecule has 0 bridgehead atoms. The smallest absolute Gasteiger partial charge is 0.387 e. The molecule has 0 saturated carbocycles. The predicted octanol–water partition coefficient (Wildman–Crippen LogP) is 4.28. The minimum absolute atomic E-state index is 0.00736. The first-order valence-corrected chi connectivity index (χ1v) is 9.57. The van der Waals surface area contributed by atoms with E-state index in [0.29, 0.717) is 36.2 Å². The number of anilines is 1. The van der Waals surface area contributed by atoms with Crippen molar-refractivity contribution in [1.29, 1.82) is 0 Å². The summed E-state index contributed by atoms with van der Waals surface area (Å²) in [5, 5.41) is 6.51. The van der Waals surface area contributed by atoms with Crippen LogP contribution < -0.4 is 14.4 Å². The first-order valence-electron chi connectivity index (χ1n) is 9.57. The van der Waals surface area contributed by atoms with Gasteiger partial charge in [-0.3, -0.25) is 9.89 Å². The lowest BCUT2D eigenvalue weighted by atomic mass is 9.98. The van der Waals surface area contributed by atoms with Crippen molar-refractivity contribution in [1.82, 2.24) is 10.2 Å². The van der Waals surface area contributed by atoms with E-state index < -0.39 is 6.61 Å². The fourth-order valence-corrected chi connectivity index (χ4v) is 3.78. The summed E-state index contributed by atoms with van der Waals surface area (Å²) in [5.41, 5.74) is 2.66. The van der Waals surface area contributed by atoms with Gasteiger partial charge in [-0.15, -0.1) is 0 Å². The molecule has 156 valence electrons. The van der Waals surface area contributed by atoms with E-state index in [9.17, 15) is 13.6 Å². The third kappa shape index (κ3) is 4.12. The van der Waals surface area contributed by atoms with E-state index in [1.54, 1.807) is 30.3 Å². The normalized spacial score (nSPS) is 16.3. The molecule has 0 spiro atoms. The Bertz CT molecular complexity index is 1020. The van der Waals surface area contributed by atoms with Crippen LogP contribution in [0, 0.1) is 5.92 Å². The molecule has 1 saturated heterocycles. The van der Waals surface area contributed by atoms with E-state index in [-0.39, 0.29) is 17.6 Å². The number of halogens is 2. The van der Waals surface area contributed by atoms with Gasteiger partial charge in [0.25, 0.3) is 0 Å². The highest BCUT2D eigenvalue weighted by Crippen LogP contribution is 2.36. The lowest BCUT2D eigenvalue weighted by Gasteiger charge is -2.19. The predicted molar refractivity (Wildman–Crippen MR) is 108 cm³/mol. The zero-order valence-corrected chi connectivity index (χ0v) is 16.3. The highest BCUT2D eigenvalue weighted by Gasteiger charge is 2.33. The van der Waals surface area contributed by atoms with E-state index in [1.807, 2.05) is 24.3 Å². The van der Waals surface area contributed by atoms with E-state index in [1.165, 1.54) is 12.3 Å². The van der Waals surface area contributed by atoms with Gasteiger partial charge in [0.15, 0.2) is 0 Å². The minimum Gasteiger partial charge on any atom is -0.497 e. The SMILES string of the molecule is COc1cccc(CC2CCN(c3ccc(-c4cn[nH]c4)c(OC(F)F)c3)C2=O)c1. The third-order valence-corrected chi connectivity index (χ3v) is 5.23. The molecule has 1 aliphatic heterocycles. The van der Waals surface area contributed by atoms with Gasteiger partial charge in [-0.1, -0.05) is 12.1 Å². The first-order chi connectivity index (χ1) is 14.5. The standard InChI is InChI=1S/C22H21F2N3O3/c1-29-18-4-2-3-14(10-18)9-15-7-8-27(21(15)28)17-5-6-19(16-12-25-26-13-16)20(11-17)30-22(23)24/h2-6,10-13,15,22H,7-9H2,1H3,(H,25,26). The second-order valence-corrected chi connectivity index (χ2v) is 7.08. The van der Waals surface area contributed by atoms with Crippen molar-refractivity contribution in [3.8, 4) is 22.6 Å². The Labute approximate surface area is 172 Å². The van der Waals surface area contributed by atoms with Gasteiger partial charge in [0.05, 0.1) is 13.3 Å². The molecular formula is C22H21F2N3O3. The summed E-state index contributed by atoms with van der Waals surface area (Å²) in [4.78, 5) is 14.6. The number of alkyl halides is 2. The molecule has 8 heteroatoms. The van der Waals surface area contributed by atoms with Crippen molar-refractivity contribution >= 4 is 11.6 Å². The Kier molecular flexibility index (Phi) is 5.65. The average molecular weight is 413 g/mol. The van der Waals surface area contributed by atoms with Crippen LogP contribution in [0.4, 0.5) is 14.5 Å². The quantitative estimate of drug-likeness (QED) is 0.628. The summed E-state index contributed by atoms with van der Waals surface area (Å²) < 4.78 is 35.9. The molecule has 1 N–H and O–H groups in total. The number of carbonyl (C=O) groups is 1. The van der Waals surface area contributed by atoms with Gasteiger partial charge in [-0.2, -0.15) is 13.9 Å². The number of hydrogen-bond acceptors (Lipinski definition) is 4. The van der Waals surface area contributed by atoms with Crippen molar-refractivity contribution in [2.45, 2.75) is 19.5 Å². The van der Waals surface area contributed by atoms with Gasteiger partial charge in [0.2, 0.25) is 5.91 Å². The first kappa shape index (κ1) is 19.9. The number of H-pyrrole nitrogens is 1. The Balaban J connectivity index is 1.55. The van der Waals surface area contributed by atoms with Crippen LogP contribution in [0.5, 0.6) is 11.5 Å². The van der Waals surface area contributed by atoms with Gasteiger partial charge in [-0.05, 0) is 42.7 Å². The summed E-state index contributed by atoms with van der Waals surface area (Å²) in [6.45, 7) is -2.45. The van der Waals surface area contributed by atoms with Crippen LogP contribution >= 0.6 is 0 Å². The summed E-state index contributed by atoms with van der Waals surface area (Å²) in [7, 11) is 1.60. The summed E-state index contributed by atoms with van der Waals surface area (Å²) >= 11 is 0. The van der Waals surface area contributed by atoms with Crippen molar-refractivity contribution in [3.05, 3.63) is 60.4 Å². The molecule has 2 aromatic carbocycles. The van der Waals surface area contributed by atoms with Crippen molar-refractivity contribution in [2.24, 2.45) is 5.92 Å². The highest BCUT2D eigenvalue weighted by atomic mass is 19.3. The largest absolute Gasteiger partial charge is 0.497 e. The molecule has 0 aliphatic carbocycles. The maximum atomic E-state index is 13.0. The number of aromatic amines is 1. The molecule has 0 radical (unpaired) electrons. The zero-order chi connectivity index (χ0) is 21.1. The van der Waals surface area contributed by atoms with Crippen LogP contribution in [-0.2, 0) is 11.2 Å². The maximum Gasteiger partial charge on any atom is 0.387 e. The lowest BCUT2D eigenvalue weighted by molar-refractivity contribution is -0.120. The third-order valence-electron chi connectivity index (χ3n) is 5.23. The molecule has 1 atom stereocenters. The van der Waals surface area contributed by atoms with Crippen LogP contribution in [0.3, 0.4) is 0 Å². The second-order valence-electron chi connectivity index (χ2n) is 7.08. The van der Waals surface area contributed by atoms with Gasteiger partial charge in [0, 0.05) is 41.5 Å². The topological polar surface area (TPSA) is 67.4 Å². The van der Waals surface area contributed by atoms with E-state index >= 15 is 0 Å². The molecule has 1 amide bonds. The fraction of sp³-hybridized carbons (Fsp3) is 0.273. The number of carbonyl (C=O) groups excluding carboxylic acids is 1. The molecule has 1 aliphatic rings. The zero-order valence-electron chi connectivity index (χ0n) is 16.3. The molecule has 3 aromatic rings. The Morgan fingerprint density at radius 2 is 2.13 bits per heavy atom. The molecule has 1 aromatic heterocycles. The maximum absolute atomic E-state index is 13.0. The van der Waals surface area contributed by atoms with Gasteiger partial charge < -0.3 is 14.4 Å².